The van der Waals surface area contributed by atoms with Crippen LogP contribution in [0.2, 0.25) is 5.02 Å². The number of hydrogen-bond acceptors (Lipinski definition) is 3. The average Bonchev–Trinajstić information content (AvgIpc) is 2.80. The van der Waals surface area contributed by atoms with Gasteiger partial charge in [0.15, 0.2) is 5.78 Å². The molecule has 1 aliphatic carbocycles. The molecule has 0 saturated heterocycles. The van der Waals surface area contributed by atoms with Gasteiger partial charge in [0.1, 0.15) is 35.0 Å². The Hall–Kier alpha value is -1.81. The first-order chi connectivity index (χ1) is 10.3. The van der Waals surface area contributed by atoms with Crippen molar-refractivity contribution in [3.05, 3.63) is 39.9 Å². The quantitative estimate of drug-likeness (QED) is 0.721. The van der Waals surface area contributed by atoms with E-state index in [-0.39, 0.29) is 39.9 Å². The molecule has 1 aliphatic rings. The third-order valence-corrected chi connectivity index (χ3v) is 4.27. The van der Waals surface area contributed by atoms with Crippen LogP contribution in [0.15, 0.2) is 18.2 Å². The minimum atomic E-state index is -0.482. The van der Waals surface area contributed by atoms with Crippen LogP contribution in [0, 0.1) is 0 Å². The molecule has 1 unspecified atom stereocenters. The molecule has 102 valence electrons. The van der Waals surface area contributed by atoms with Crippen molar-refractivity contribution >= 4 is 57.3 Å². The lowest BCUT2D eigenvalue weighted by Crippen LogP contribution is -2.35. The summed E-state index contributed by atoms with van der Waals surface area (Å²) in [5.74, 6) is -1.40. The molecule has 6 radical (unpaired) electrons. The number of carbonyl (C=O) groups is 1. The molecule has 2 N–H and O–H groups in total. The van der Waals surface area contributed by atoms with Gasteiger partial charge in [-0.05, 0) is 28.7 Å². The van der Waals surface area contributed by atoms with Gasteiger partial charge in [-0.15, -0.1) is 0 Å². The molecule has 0 saturated carbocycles. The average molecular weight is 304 g/mol. The van der Waals surface area contributed by atoms with Crippen molar-refractivity contribution in [2.45, 2.75) is 12.3 Å². The maximum absolute atomic E-state index is 12.2. The fraction of sp³-hybridized carbons (Fsp3) is 0.133. The first-order valence-electron chi connectivity index (χ1n) is 6.53. The van der Waals surface area contributed by atoms with Gasteiger partial charge < -0.3 is 10.2 Å². The topological polar surface area (TPSA) is 57.5 Å². The second-order valence-corrected chi connectivity index (χ2v) is 5.70. The van der Waals surface area contributed by atoms with Crippen LogP contribution in [0.1, 0.15) is 33.8 Å². The van der Waals surface area contributed by atoms with E-state index in [4.69, 9.17) is 35.1 Å². The Labute approximate surface area is 136 Å². The van der Waals surface area contributed by atoms with Crippen molar-refractivity contribution in [1.29, 1.82) is 0 Å². The smallest absolute Gasteiger partial charge is 0.164 e. The van der Waals surface area contributed by atoms with Crippen molar-refractivity contribution in [3.8, 4) is 11.5 Å². The van der Waals surface area contributed by atoms with Crippen LogP contribution in [-0.2, 0) is 0 Å². The van der Waals surface area contributed by atoms with Gasteiger partial charge in [-0.3, -0.25) is 4.79 Å². The Bertz CT molecular complexity index is 791. The van der Waals surface area contributed by atoms with Crippen LogP contribution in [0.4, 0.5) is 0 Å². The summed E-state index contributed by atoms with van der Waals surface area (Å²) in [6.07, 6.45) is 0.122. The van der Waals surface area contributed by atoms with Crippen LogP contribution in [0.3, 0.4) is 0 Å². The molecule has 0 amide bonds. The van der Waals surface area contributed by atoms with Crippen LogP contribution < -0.4 is 16.4 Å². The lowest BCUT2D eigenvalue weighted by molar-refractivity contribution is 0.0991. The number of phenols is 2. The third kappa shape index (κ3) is 2.05. The highest BCUT2D eigenvalue weighted by Gasteiger charge is 2.34. The Morgan fingerprint density at radius 2 is 1.73 bits per heavy atom. The minimum absolute atomic E-state index is 0.0183. The number of phenolic OH excluding ortho intramolecular Hbond substituents is 2. The Morgan fingerprint density at radius 1 is 1.05 bits per heavy atom. The van der Waals surface area contributed by atoms with E-state index in [1.165, 1.54) is 0 Å². The summed E-state index contributed by atoms with van der Waals surface area (Å²) in [5, 5.41) is 20.5. The number of halogens is 1. The molecule has 3 nitrogen and oxygen atoms in total. The van der Waals surface area contributed by atoms with Crippen LogP contribution >= 0.6 is 11.6 Å². The van der Waals surface area contributed by atoms with Crippen LogP contribution in [0.25, 0.3) is 0 Å². The summed E-state index contributed by atoms with van der Waals surface area (Å²) in [5.41, 5.74) is 1.09. The molecule has 7 heteroatoms. The highest BCUT2D eigenvalue weighted by molar-refractivity contribution is 6.53. The standard InChI is InChI=1S/C15H8B3ClO3/c16-11-10(14(21)13(18)15(22)12(11)17)8-4-9(20)7-3-5(19)1-2-6(7)8/h1-3,8,21-22H,4H2. The number of aromatic hydroxyl groups is 2. The summed E-state index contributed by atoms with van der Waals surface area (Å²) in [6.45, 7) is 0. The summed E-state index contributed by atoms with van der Waals surface area (Å²) in [4.78, 5) is 12.2. The predicted octanol–water partition coefficient (Wildman–Crippen LogP) is -0.149. The largest absolute Gasteiger partial charge is 0.509 e. The van der Waals surface area contributed by atoms with Gasteiger partial charge in [0.25, 0.3) is 0 Å². The van der Waals surface area contributed by atoms with Crippen molar-refractivity contribution in [3.63, 3.8) is 0 Å². The second kappa shape index (κ2) is 5.13. The monoisotopic (exact) mass is 304 g/mol. The number of Topliss-reactive ketones (excluding diaryl/α,β-unsaturated/α-hetero) is 1. The third-order valence-electron chi connectivity index (χ3n) is 4.03. The SMILES string of the molecule is [B]c1c([B])c(C2CC(=O)c3cc(Cl)ccc32)c(O)c([B])c1O. The predicted molar refractivity (Wildman–Crippen MR) is 88.2 cm³/mol. The van der Waals surface area contributed by atoms with Crippen molar-refractivity contribution in [2.24, 2.45) is 0 Å². The van der Waals surface area contributed by atoms with E-state index in [0.717, 1.165) is 0 Å². The van der Waals surface area contributed by atoms with Gasteiger partial charge >= 0.3 is 0 Å². The lowest BCUT2D eigenvalue weighted by Gasteiger charge is -2.22. The van der Waals surface area contributed by atoms with Gasteiger partial charge in [-0.1, -0.05) is 28.6 Å². The van der Waals surface area contributed by atoms with E-state index in [0.29, 0.717) is 16.1 Å². The zero-order chi connectivity index (χ0) is 16.2. The summed E-state index contributed by atoms with van der Waals surface area (Å²) < 4.78 is 0. The van der Waals surface area contributed by atoms with Gasteiger partial charge in [0.2, 0.25) is 0 Å². The van der Waals surface area contributed by atoms with E-state index in [9.17, 15) is 15.0 Å². The molecule has 0 fully saturated rings. The maximum atomic E-state index is 12.2. The molecule has 0 heterocycles. The first-order valence-corrected chi connectivity index (χ1v) is 6.91. The van der Waals surface area contributed by atoms with Crippen molar-refractivity contribution < 1.29 is 15.0 Å². The van der Waals surface area contributed by atoms with Gasteiger partial charge in [-0.25, -0.2) is 0 Å². The summed E-state index contributed by atoms with van der Waals surface area (Å²) in [7, 11) is 17.3. The van der Waals surface area contributed by atoms with Gasteiger partial charge in [-0.2, -0.15) is 0 Å². The minimum Gasteiger partial charge on any atom is -0.509 e. The number of benzene rings is 2. The zero-order valence-electron chi connectivity index (χ0n) is 11.4. The Morgan fingerprint density at radius 3 is 2.41 bits per heavy atom. The molecule has 2 aromatic carbocycles. The lowest BCUT2D eigenvalue weighted by atomic mass is 9.69. The number of fused-ring (bicyclic) bond motifs is 1. The first kappa shape index (κ1) is 15.1. The summed E-state index contributed by atoms with van der Waals surface area (Å²) >= 11 is 5.92. The van der Waals surface area contributed by atoms with Crippen LogP contribution in [-0.4, -0.2) is 39.5 Å². The molecular formula is C15H8B3ClO3. The molecule has 1 atom stereocenters. The van der Waals surface area contributed by atoms with Gasteiger partial charge in [0.05, 0.1) is 0 Å². The number of ketones is 1. The van der Waals surface area contributed by atoms with Crippen molar-refractivity contribution in [2.75, 3.05) is 0 Å². The maximum Gasteiger partial charge on any atom is 0.164 e. The Balaban J connectivity index is 2.26. The van der Waals surface area contributed by atoms with Crippen LogP contribution in [0.5, 0.6) is 11.5 Å². The molecule has 0 aromatic heterocycles. The van der Waals surface area contributed by atoms with E-state index in [1.54, 1.807) is 18.2 Å². The van der Waals surface area contributed by atoms with E-state index in [2.05, 4.69) is 0 Å². The number of rotatable bonds is 1. The fourth-order valence-electron chi connectivity index (χ4n) is 2.89. The highest BCUT2D eigenvalue weighted by Crippen LogP contribution is 2.41. The molecule has 0 aliphatic heterocycles. The summed E-state index contributed by atoms with van der Waals surface area (Å²) in [6, 6.07) is 4.96. The highest BCUT2D eigenvalue weighted by atomic mass is 35.5. The van der Waals surface area contributed by atoms with E-state index >= 15 is 0 Å². The molecule has 3 rings (SSSR count). The normalized spacial score (nSPS) is 16.8. The van der Waals surface area contributed by atoms with E-state index < -0.39 is 11.7 Å². The second-order valence-electron chi connectivity index (χ2n) is 5.26. The molecule has 0 spiro atoms. The van der Waals surface area contributed by atoms with E-state index in [1.807, 2.05) is 0 Å². The molecule has 0 bridgehead atoms. The molecular weight excluding hydrogens is 296 g/mol. The zero-order valence-corrected chi connectivity index (χ0v) is 12.2. The van der Waals surface area contributed by atoms with Crippen molar-refractivity contribution in [1.82, 2.24) is 0 Å². The van der Waals surface area contributed by atoms with Gasteiger partial charge in [0, 0.05) is 22.9 Å². The molecule has 22 heavy (non-hydrogen) atoms. The number of carbonyl (C=O) groups excluding carboxylic acids is 1. The number of hydrogen-bond donors (Lipinski definition) is 2. The Kier molecular flexibility index (Phi) is 3.52. The molecule has 2 aromatic rings. The fourth-order valence-corrected chi connectivity index (χ4v) is 3.06.